The average molecular weight is 295 g/mol. The maximum atomic E-state index is 12.0. The first-order valence-electron chi connectivity index (χ1n) is 7.46. The Morgan fingerprint density at radius 2 is 2.05 bits per heavy atom. The lowest BCUT2D eigenvalue weighted by atomic mass is 10.1. The molecule has 1 atom stereocenters. The monoisotopic (exact) mass is 295 g/mol. The first-order chi connectivity index (χ1) is 10.1. The van der Waals surface area contributed by atoms with Gasteiger partial charge in [0.25, 0.3) is 0 Å². The Kier molecular flexibility index (Phi) is 7.02. The maximum absolute atomic E-state index is 12.0. The van der Waals surface area contributed by atoms with Crippen LogP contribution in [0.3, 0.4) is 0 Å². The van der Waals surface area contributed by atoms with Crippen LogP contribution in [0.1, 0.15) is 32.8 Å². The van der Waals surface area contributed by atoms with E-state index in [2.05, 4.69) is 0 Å². The Morgan fingerprint density at radius 1 is 1.33 bits per heavy atom. The molecule has 0 spiro atoms. The van der Waals surface area contributed by atoms with Gasteiger partial charge < -0.3 is 19.8 Å². The van der Waals surface area contributed by atoms with Gasteiger partial charge in [0.1, 0.15) is 0 Å². The number of amides is 1. The van der Waals surface area contributed by atoms with Gasteiger partial charge in [-0.3, -0.25) is 4.79 Å². The second-order valence-corrected chi connectivity index (χ2v) is 4.84. The number of nitrogens with zero attached hydrogens (tertiary/aromatic N) is 1. The van der Waals surface area contributed by atoms with E-state index in [0.29, 0.717) is 32.5 Å². The Balaban J connectivity index is 0.00000106. The summed E-state index contributed by atoms with van der Waals surface area (Å²) in [6.45, 7) is 7.83. The van der Waals surface area contributed by atoms with Crippen molar-refractivity contribution in [2.45, 2.75) is 39.7 Å². The number of aromatic hydroxyl groups is 2. The fraction of sp³-hybridized carbons (Fsp3) is 0.562. The number of carbonyl (C=O) groups is 1. The Labute approximate surface area is 126 Å². The van der Waals surface area contributed by atoms with E-state index in [1.54, 1.807) is 6.07 Å². The van der Waals surface area contributed by atoms with Crippen molar-refractivity contribution in [2.24, 2.45) is 0 Å². The third-order valence-electron chi connectivity index (χ3n) is 3.26. The number of morpholine rings is 1. The number of aryl methyl sites for hydroxylation is 1. The minimum absolute atomic E-state index is 0.0930. The van der Waals surface area contributed by atoms with E-state index in [9.17, 15) is 15.0 Å². The highest BCUT2D eigenvalue weighted by atomic mass is 16.5. The summed E-state index contributed by atoms with van der Waals surface area (Å²) < 4.78 is 5.40. The summed E-state index contributed by atoms with van der Waals surface area (Å²) in [7, 11) is 0. The fourth-order valence-corrected chi connectivity index (χ4v) is 2.18. The molecular weight excluding hydrogens is 270 g/mol. The van der Waals surface area contributed by atoms with Crippen molar-refractivity contribution in [1.29, 1.82) is 0 Å². The zero-order chi connectivity index (χ0) is 15.8. The molecule has 5 heteroatoms. The van der Waals surface area contributed by atoms with Crippen LogP contribution in [-0.2, 0) is 16.0 Å². The number of phenols is 2. The molecule has 1 fully saturated rings. The molecule has 2 rings (SSSR count). The van der Waals surface area contributed by atoms with Crippen molar-refractivity contribution in [3.63, 3.8) is 0 Å². The van der Waals surface area contributed by atoms with Crippen LogP contribution >= 0.6 is 0 Å². The van der Waals surface area contributed by atoms with Crippen LogP contribution in [0.15, 0.2) is 18.2 Å². The van der Waals surface area contributed by atoms with Crippen LogP contribution in [0.5, 0.6) is 11.5 Å². The van der Waals surface area contributed by atoms with Crippen molar-refractivity contribution in [3.8, 4) is 11.5 Å². The molecule has 5 nitrogen and oxygen atoms in total. The quantitative estimate of drug-likeness (QED) is 0.840. The van der Waals surface area contributed by atoms with Crippen molar-refractivity contribution >= 4 is 5.91 Å². The molecule has 0 aliphatic carbocycles. The molecule has 0 radical (unpaired) electrons. The van der Waals surface area contributed by atoms with Crippen molar-refractivity contribution in [3.05, 3.63) is 23.8 Å². The number of carbonyl (C=O) groups excluding carboxylic acids is 1. The molecule has 2 N–H and O–H groups in total. The van der Waals surface area contributed by atoms with Crippen LogP contribution in [-0.4, -0.2) is 46.8 Å². The first-order valence-corrected chi connectivity index (χ1v) is 7.46. The highest BCUT2D eigenvalue weighted by Gasteiger charge is 2.20. The maximum Gasteiger partial charge on any atom is 0.223 e. The van der Waals surface area contributed by atoms with E-state index in [1.165, 1.54) is 12.1 Å². The number of benzene rings is 1. The van der Waals surface area contributed by atoms with Gasteiger partial charge >= 0.3 is 0 Å². The van der Waals surface area contributed by atoms with Crippen LogP contribution < -0.4 is 0 Å². The zero-order valence-electron chi connectivity index (χ0n) is 13.0. The lowest BCUT2D eigenvalue weighted by molar-refractivity contribution is -0.138. The number of rotatable bonds is 3. The third kappa shape index (κ3) is 5.27. The molecule has 1 aliphatic heterocycles. The molecule has 0 saturated carbocycles. The highest BCUT2D eigenvalue weighted by Crippen LogP contribution is 2.25. The summed E-state index contributed by atoms with van der Waals surface area (Å²) in [6.07, 6.45) is 1.05. The smallest absolute Gasteiger partial charge is 0.223 e. The molecule has 1 amide bonds. The number of hydrogen-bond acceptors (Lipinski definition) is 4. The molecule has 21 heavy (non-hydrogen) atoms. The Morgan fingerprint density at radius 3 is 2.67 bits per heavy atom. The molecular formula is C16H25NO4. The van der Waals surface area contributed by atoms with Gasteiger partial charge in [0.15, 0.2) is 11.5 Å². The molecule has 118 valence electrons. The van der Waals surface area contributed by atoms with Gasteiger partial charge in [-0.25, -0.2) is 0 Å². The highest BCUT2D eigenvalue weighted by molar-refractivity contribution is 5.76. The number of ether oxygens (including phenoxy) is 1. The van der Waals surface area contributed by atoms with Gasteiger partial charge in [-0.2, -0.15) is 0 Å². The molecule has 0 bridgehead atoms. The molecule has 1 saturated heterocycles. The fourth-order valence-electron chi connectivity index (χ4n) is 2.18. The van der Waals surface area contributed by atoms with Gasteiger partial charge in [-0.05, 0) is 31.0 Å². The summed E-state index contributed by atoms with van der Waals surface area (Å²) in [5.74, 6) is -0.190. The van der Waals surface area contributed by atoms with Crippen molar-refractivity contribution in [1.82, 2.24) is 4.90 Å². The summed E-state index contributed by atoms with van der Waals surface area (Å²) >= 11 is 0. The van der Waals surface area contributed by atoms with Gasteiger partial charge in [0, 0.05) is 19.5 Å². The average Bonchev–Trinajstić information content (AvgIpc) is 2.50. The van der Waals surface area contributed by atoms with E-state index >= 15 is 0 Å². The standard InChI is InChI=1S/C14H19NO4.C2H6/c1-10-9-15(6-7-19-10)14(18)5-3-11-2-4-12(16)13(17)8-11;1-2/h2,4,8,10,16-17H,3,5-7,9H2,1H3;1-2H3. The topological polar surface area (TPSA) is 70.0 Å². The van der Waals surface area contributed by atoms with Gasteiger partial charge in [0.2, 0.25) is 5.91 Å². The van der Waals surface area contributed by atoms with E-state index in [4.69, 9.17) is 4.74 Å². The van der Waals surface area contributed by atoms with Gasteiger partial charge in [-0.1, -0.05) is 19.9 Å². The first kappa shape index (κ1) is 17.3. The molecule has 1 aromatic carbocycles. The predicted octanol–water partition coefficient (Wildman–Crippen LogP) is 2.30. The summed E-state index contributed by atoms with van der Waals surface area (Å²) in [6, 6.07) is 4.64. The Hall–Kier alpha value is -1.75. The number of phenolic OH excluding ortho intramolecular Hbond substituents is 2. The van der Waals surface area contributed by atoms with E-state index in [-0.39, 0.29) is 23.5 Å². The lowest BCUT2D eigenvalue weighted by Crippen LogP contribution is -2.44. The minimum Gasteiger partial charge on any atom is -0.504 e. The van der Waals surface area contributed by atoms with Crippen LogP contribution in [0.25, 0.3) is 0 Å². The summed E-state index contributed by atoms with van der Waals surface area (Å²) in [5, 5.41) is 18.6. The van der Waals surface area contributed by atoms with Crippen molar-refractivity contribution in [2.75, 3.05) is 19.7 Å². The minimum atomic E-state index is -0.148. The molecule has 1 heterocycles. The van der Waals surface area contributed by atoms with E-state index in [0.717, 1.165) is 5.56 Å². The van der Waals surface area contributed by atoms with E-state index in [1.807, 2.05) is 25.7 Å². The number of hydrogen-bond donors (Lipinski definition) is 2. The van der Waals surface area contributed by atoms with Gasteiger partial charge in [0.05, 0.1) is 12.7 Å². The molecule has 1 unspecified atom stereocenters. The zero-order valence-corrected chi connectivity index (χ0v) is 13.0. The SMILES string of the molecule is CC.CC1CN(C(=O)CCc2ccc(O)c(O)c2)CCO1. The van der Waals surface area contributed by atoms with Crippen molar-refractivity contribution < 1.29 is 19.7 Å². The van der Waals surface area contributed by atoms with Crippen LogP contribution in [0.4, 0.5) is 0 Å². The molecule has 1 aliphatic rings. The molecule has 0 aromatic heterocycles. The Bertz CT molecular complexity index is 462. The lowest BCUT2D eigenvalue weighted by Gasteiger charge is -2.31. The van der Waals surface area contributed by atoms with E-state index < -0.39 is 0 Å². The molecule has 1 aromatic rings. The van der Waals surface area contributed by atoms with Gasteiger partial charge in [-0.15, -0.1) is 0 Å². The summed E-state index contributed by atoms with van der Waals surface area (Å²) in [4.78, 5) is 13.8. The largest absolute Gasteiger partial charge is 0.504 e. The summed E-state index contributed by atoms with van der Waals surface area (Å²) in [5.41, 5.74) is 0.838. The third-order valence-corrected chi connectivity index (χ3v) is 3.26. The van der Waals surface area contributed by atoms with Crippen LogP contribution in [0.2, 0.25) is 0 Å². The van der Waals surface area contributed by atoms with Crippen LogP contribution in [0, 0.1) is 0 Å². The second kappa shape index (κ2) is 8.52. The normalized spacial score (nSPS) is 17.9. The second-order valence-electron chi connectivity index (χ2n) is 4.84. The predicted molar refractivity (Wildman–Crippen MR) is 81.4 cm³/mol.